The number of nitrogens with one attached hydrogen (secondary N) is 1. The number of carbonyl (C=O) groups excluding carboxylic acids is 1. The fourth-order valence-electron chi connectivity index (χ4n) is 3.64. The van der Waals surface area contributed by atoms with Crippen LogP contribution in [0.25, 0.3) is 0 Å². The van der Waals surface area contributed by atoms with Crippen molar-refractivity contribution in [3.8, 4) is 11.5 Å². The van der Waals surface area contributed by atoms with Gasteiger partial charge in [0.2, 0.25) is 6.79 Å². The van der Waals surface area contributed by atoms with Crippen molar-refractivity contribution >= 4 is 5.91 Å². The molecule has 1 saturated heterocycles. The number of ether oxygens (including phenoxy) is 2. The van der Waals surface area contributed by atoms with Gasteiger partial charge < -0.3 is 19.7 Å². The van der Waals surface area contributed by atoms with Crippen molar-refractivity contribution in [1.82, 2.24) is 15.1 Å². The zero-order chi connectivity index (χ0) is 19.5. The molecule has 1 amide bonds. The van der Waals surface area contributed by atoms with Gasteiger partial charge in [0.25, 0.3) is 5.91 Å². The molecule has 1 fully saturated rings. The Morgan fingerprint density at radius 3 is 2.64 bits per heavy atom. The summed E-state index contributed by atoms with van der Waals surface area (Å²) in [4.78, 5) is 17.1. The van der Waals surface area contributed by atoms with Gasteiger partial charge in [0.05, 0.1) is 11.6 Å². The predicted molar refractivity (Wildman–Crippen MR) is 103 cm³/mol. The second kappa shape index (κ2) is 8.16. The van der Waals surface area contributed by atoms with Crippen molar-refractivity contribution in [2.24, 2.45) is 0 Å². The first kappa shape index (κ1) is 18.7. The Morgan fingerprint density at radius 1 is 1.11 bits per heavy atom. The third-order valence-corrected chi connectivity index (χ3v) is 5.33. The number of halogens is 1. The highest BCUT2D eigenvalue weighted by Crippen LogP contribution is 2.35. The van der Waals surface area contributed by atoms with Crippen molar-refractivity contribution in [2.45, 2.75) is 6.04 Å². The second-order valence-electron chi connectivity index (χ2n) is 7.16. The molecule has 0 saturated carbocycles. The minimum absolute atomic E-state index is 0.0288. The van der Waals surface area contributed by atoms with Crippen LogP contribution in [0.4, 0.5) is 4.39 Å². The van der Waals surface area contributed by atoms with E-state index in [0.29, 0.717) is 6.54 Å². The van der Waals surface area contributed by atoms with Crippen LogP contribution in [0, 0.1) is 5.82 Å². The molecule has 7 heteroatoms. The van der Waals surface area contributed by atoms with E-state index < -0.39 is 11.7 Å². The summed E-state index contributed by atoms with van der Waals surface area (Å²) < 4.78 is 24.9. The molecular weight excluding hydrogens is 361 g/mol. The van der Waals surface area contributed by atoms with E-state index in [-0.39, 0.29) is 18.4 Å². The quantitative estimate of drug-likeness (QED) is 0.856. The van der Waals surface area contributed by atoms with Crippen LogP contribution < -0.4 is 14.8 Å². The molecule has 1 N–H and O–H groups in total. The van der Waals surface area contributed by atoms with E-state index in [9.17, 15) is 9.18 Å². The van der Waals surface area contributed by atoms with Crippen molar-refractivity contribution in [3.63, 3.8) is 0 Å². The van der Waals surface area contributed by atoms with E-state index >= 15 is 0 Å². The SMILES string of the molecule is CN1CCN(C(CNC(=O)c2ccccc2F)c2ccc3c(c2)OCO3)CC1. The van der Waals surface area contributed by atoms with Crippen LogP contribution in [0.2, 0.25) is 0 Å². The van der Waals surface area contributed by atoms with Crippen molar-refractivity contribution < 1.29 is 18.7 Å². The molecule has 0 aromatic heterocycles. The Bertz CT molecular complexity index is 853. The largest absolute Gasteiger partial charge is 0.454 e. The smallest absolute Gasteiger partial charge is 0.254 e. The van der Waals surface area contributed by atoms with Gasteiger partial charge >= 0.3 is 0 Å². The number of carbonyl (C=O) groups is 1. The molecule has 1 unspecified atom stereocenters. The first-order chi connectivity index (χ1) is 13.6. The number of fused-ring (bicyclic) bond motifs is 1. The topological polar surface area (TPSA) is 54.0 Å². The molecule has 1 atom stereocenters. The number of amides is 1. The van der Waals surface area contributed by atoms with Crippen LogP contribution in [-0.2, 0) is 0 Å². The summed E-state index contributed by atoms with van der Waals surface area (Å²) in [6.45, 7) is 4.32. The van der Waals surface area contributed by atoms with E-state index in [0.717, 1.165) is 43.2 Å². The monoisotopic (exact) mass is 385 g/mol. The lowest BCUT2D eigenvalue weighted by molar-refractivity contribution is 0.0882. The van der Waals surface area contributed by atoms with Gasteiger partial charge in [0.15, 0.2) is 11.5 Å². The molecule has 2 aromatic carbocycles. The highest BCUT2D eigenvalue weighted by atomic mass is 19.1. The summed E-state index contributed by atoms with van der Waals surface area (Å²) in [6.07, 6.45) is 0. The lowest BCUT2D eigenvalue weighted by Gasteiger charge is -2.38. The Kier molecular flexibility index (Phi) is 5.45. The van der Waals surface area contributed by atoms with Crippen LogP contribution in [0.3, 0.4) is 0 Å². The molecule has 4 rings (SSSR count). The molecule has 2 heterocycles. The number of hydrogen-bond acceptors (Lipinski definition) is 5. The minimum Gasteiger partial charge on any atom is -0.454 e. The molecule has 2 aromatic rings. The van der Waals surface area contributed by atoms with E-state index in [1.165, 1.54) is 12.1 Å². The Hall–Kier alpha value is -2.64. The third kappa shape index (κ3) is 3.95. The molecule has 28 heavy (non-hydrogen) atoms. The fourth-order valence-corrected chi connectivity index (χ4v) is 3.64. The summed E-state index contributed by atoms with van der Waals surface area (Å²) >= 11 is 0. The number of rotatable bonds is 5. The zero-order valence-electron chi connectivity index (χ0n) is 15.9. The maximum Gasteiger partial charge on any atom is 0.254 e. The summed E-state index contributed by atoms with van der Waals surface area (Å²) in [5, 5.41) is 2.91. The summed E-state index contributed by atoms with van der Waals surface area (Å²) in [5.74, 6) is 0.533. The maximum absolute atomic E-state index is 13.9. The van der Waals surface area contributed by atoms with Gasteiger partial charge in [-0.15, -0.1) is 0 Å². The number of likely N-dealkylation sites (N-methyl/N-ethyl adjacent to an activating group) is 1. The number of piperazine rings is 1. The van der Waals surface area contributed by atoms with Crippen molar-refractivity contribution in [3.05, 3.63) is 59.4 Å². The fraction of sp³-hybridized carbons (Fsp3) is 0.381. The van der Waals surface area contributed by atoms with Crippen LogP contribution in [0.5, 0.6) is 11.5 Å². The average molecular weight is 385 g/mol. The van der Waals surface area contributed by atoms with E-state index in [1.807, 2.05) is 18.2 Å². The Labute approximate surface area is 163 Å². The predicted octanol–water partition coefficient (Wildman–Crippen LogP) is 2.27. The van der Waals surface area contributed by atoms with Crippen LogP contribution in [0.15, 0.2) is 42.5 Å². The highest BCUT2D eigenvalue weighted by molar-refractivity contribution is 5.94. The molecule has 148 valence electrons. The van der Waals surface area contributed by atoms with Gasteiger partial charge in [-0.1, -0.05) is 18.2 Å². The van der Waals surface area contributed by atoms with Crippen molar-refractivity contribution in [1.29, 1.82) is 0 Å². The highest BCUT2D eigenvalue weighted by Gasteiger charge is 2.26. The molecule has 0 bridgehead atoms. The molecule has 0 spiro atoms. The van der Waals surface area contributed by atoms with Gasteiger partial charge in [-0.05, 0) is 36.9 Å². The van der Waals surface area contributed by atoms with Gasteiger partial charge in [0.1, 0.15) is 5.82 Å². The molecule has 2 aliphatic heterocycles. The summed E-state index contributed by atoms with van der Waals surface area (Å²) in [6, 6.07) is 11.9. The number of benzene rings is 2. The maximum atomic E-state index is 13.9. The molecular formula is C21H24FN3O3. The third-order valence-electron chi connectivity index (χ3n) is 5.33. The van der Waals surface area contributed by atoms with Crippen molar-refractivity contribution in [2.75, 3.05) is 46.6 Å². The lowest BCUT2D eigenvalue weighted by atomic mass is 10.0. The molecule has 6 nitrogen and oxygen atoms in total. The van der Waals surface area contributed by atoms with Crippen LogP contribution >= 0.6 is 0 Å². The van der Waals surface area contributed by atoms with Gasteiger partial charge in [-0.3, -0.25) is 9.69 Å². The Morgan fingerprint density at radius 2 is 1.86 bits per heavy atom. The normalized spacial score (nSPS) is 18.1. The molecule has 2 aliphatic rings. The summed E-state index contributed by atoms with van der Waals surface area (Å²) in [7, 11) is 2.10. The summed E-state index contributed by atoms with van der Waals surface area (Å²) in [5.41, 5.74) is 1.10. The van der Waals surface area contributed by atoms with Gasteiger partial charge in [-0.25, -0.2) is 4.39 Å². The molecule has 0 radical (unpaired) electrons. The zero-order valence-corrected chi connectivity index (χ0v) is 15.9. The van der Waals surface area contributed by atoms with Gasteiger partial charge in [0, 0.05) is 32.7 Å². The number of nitrogens with zero attached hydrogens (tertiary/aromatic N) is 2. The molecule has 0 aliphatic carbocycles. The first-order valence-electron chi connectivity index (χ1n) is 9.46. The second-order valence-corrected chi connectivity index (χ2v) is 7.16. The van der Waals surface area contributed by atoms with E-state index in [2.05, 4.69) is 22.2 Å². The minimum atomic E-state index is -0.515. The number of hydrogen-bond donors (Lipinski definition) is 1. The van der Waals surface area contributed by atoms with Gasteiger partial charge in [-0.2, -0.15) is 0 Å². The standard InChI is InChI=1S/C21H24FN3O3/c1-24-8-10-25(11-9-24)18(15-6-7-19-20(12-15)28-14-27-19)13-23-21(26)16-4-2-3-5-17(16)22/h2-7,12,18H,8-11,13-14H2,1H3,(H,23,26). The average Bonchev–Trinajstić information content (AvgIpc) is 3.17. The van der Waals surface area contributed by atoms with E-state index in [4.69, 9.17) is 9.47 Å². The lowest BCUT2D eigenvalue weighted by Crippen LogP contribution is -2.48. The van der Waals surface area contributed by atoms with Crippen LogP contribution in [0.1, 0.15) is 22.0 Å². The first-order valence-corrected chi connectivity index (χ1v) is 9.46. The van der Waals surface area contributed by atoms with Crippen LogP contribution in [-0.4, -0.2) is 62.3 Å². The Balaban J connectivity index is 1.53. The van der Waals surface area contributed by atoms with E-state index in [1.54, 1.807) is 12.1 Å².